The molecular weight excluding hydrogens is 308 g/mol. The molecule has 1 saturated heterocycles. The maximum absolute atomic E-state index is 12.9. The number of ether oxygens (including phenoxy) is 1. The molecule has 124 valence electrons. The Balaban J connectivity index is 1.84. The molecule has 2 aromatic rings. The van der Waals surface area contributed by atoms with Crippen LogP contribution in [-0.4, -0.2) is 45.5 Å². The third-order valence-corrected chi connectivity index (χ3v) is 3.83. The highest BCUT2D eigenvalue weighted by molar-refractivity contribution is 5.73. The Morgan fingerprint density at radius 1 is 1.43 bits per heavy atom. The topological polar surface area (TPSA) is 72.6 Å². The zero-order chi connectivity index (χ0) is 16.4. The van der Waals surface area contributed by atoms with Gasteiger partial charge in [-0.1, -0.05) is 0 Å². The summed E-state index contributed by atoms with van der Waals surface area (Å²) < 4.78 is 32.0. The van der Waals surface area contributed by atoms with Crippen LogP contribution < -0.4 is 4.90 Å². The molecule has 0 aliphatic carbocycles. The molecule has 3 heterocycles. The second-order valence-electron chi connectivity index (χ2n) is 5.36. The van der Waals surface area contributed by atoms with E-state index in [2.05, 4.69) is 15.3 Å². The Kier molecular flexibility index (Phi) is 4.35. The van der Waals surface area contributed by atoms with Gasteiger partial charge in [-0.3, -0.25) is 4.79 Å². The van der Waals surface area contributed by atoms with Crippen LogP contribution in [0.2, 0.25) is 0 Å². The summed E-state index contributed by atoms with van der Waals surface area (Å²) in [5.74, 6) is -0.415. The van der Waals surface area contributed by atoms with Crippen molar-refractivity contribution in [2.45, 2.75) is 26.2 Å². The summed E-state index contributed by atoms with van der Waals surface area (Å²) in [6.07, 6.45) is -1.18. The van der Waals surface area contributed by atoms with Gasteiger partial charge in [0.05, 0.1) is 12.5 Å². The Hall–Kier alpha value is -2.32. The van der Waals surface area contributed by atoms with Crippen molar-refractivity contribution in [2.24, 2.45) is 5.92 Å². The fourth-order valence-electron chi connectivity index (χ4n) is 2.74. The summed E-state index contributed by atoms with van der Waals surface area (Å²) >= 11 is 0. The first-order chi connectivity index (χ1) is 11.1. The molecule has 3 rings (SSSR count). The van der Waals surface area contributed by atoms with Crippen molar-refractivity contribution in [1.29, 1.82) is 0 Å². The molecule has 1 atom stereocenters. The van der Waals surface area contributed by atoms with E-state index in [4.69, 9.17) is 4.74 Å². The number of fused-ring (bicyclic) bond motifs is 1. The molecule has 7 nitrogen and oxygen atoms in total. The van der Waals surface area contributed by atoms with Crippen molar-refractivity contribution < 1.29 is 18.3 Å². The van der Waals surface area contributed by atoms with Gasteiger partial charge in [0.25, 0.3) is 6.43 Å². The molecule has 0 aromatic carbocycles. The molecule has 0 bridgehead atoms. The summed E-state index contributed by atoms with van der Waals surface area (Å²) in [4.78, 5) is 13.8. The number of anilines is 1. The van der Waals surface area contributed by atoms with Gasteiger partial charge in [0, 0.05) is 13.1 Å². The smallest absolute Gasteiger partial charge is 0.310 e. The average molecular weight is 325 g/mol. The van der Waals surface area contributed by atoms with Gasteiger partial charge in [0.1, 0.15) is 5.82 Å². The minimum absolute atomic E-state index is 0.225. The molecule has 0 unspecified atom stereocenters. The number of carbonyl (C=O) groups excluding carboxylic acids is 1. The van der Waals surface area contributed by atoms with Crippen LogP contribution in [0.1, 0.15) is 32.0 Å². The molecule has 0 saturated carbocycles. The minimum atomic E-state index is -2.75. The summed E-state index contributed by atoms with van der Waals surface area (Å²) in [5.41, 5.74) is 0.267. The molecule has 23 heavy (non-hydrogen) atoms. The minimum Gasteiger partial charge on any atom is -0.466 e. The molecule has 9 heteroatoms. The van der Waals surface area contributed by atoms with Crippen LogP contribution in [-0.2, 0) is 9.53 Å². The Bertz CT molecular complexity index is 706. The van der Waals surface area contributed by atoms with Crippen LogP contribution in [0.3, 0.4) is 0 Å². The van der Waals surface area contributed by atoms with Crippen molar-refractivity contribution in [3.8, 4) is 0 Å². The number of halogens is 2. The number of aromatic nitrogens is 4. The normalized spacial score (nSPS) is 18.6. The first-order valence-corrected chi connectivity index (χ1v) is 7.52. The van der Waals surface area contributed by atoms with Gasteiger partial charge < -0.3 is 9.64 Å². The zero-order valence-electron chi connectivity index (χ0n) is 12.7. The van der Waals surface area contributed by atoms with E-state index in [1.54, 1.807) is 19.1 Å². The number of hydrogen-bond acceptors (Lipinski definition) is 6. The highest BCUT2D eigenvalue weighted by Crippen LogP contribution is 2.24. The maximum Gasteiger partial charge on any atom is 0.310 e. The molecule has 0 spiro atoms. The number of esters is 1. The van der Waals surface area contributed by atoms with E-state index in [1.807, 2.05) is 4.90 Å². The van der Waals surface area contributed by atoms with Gasteiger partial charge in [-0.05, 0) is 31.9 Å². The Labute approximate surface area is 131 Å². The van der Waals surface area contributed by atoms with Gasteiger partial charge in [-0.2, -0.15) is 4.52 Å². The molecular formula is C14H17F2N5O2. The molecule has 0 N–H and O–H groups in total. The average Bonchev–Trinajstić information content (AvgIpc) is 2.98. The highest BCUT2D eigenvalue weighted by atomic mass is 19.3. The quantitative estimate of drug-likeness (QED) is 0.799. The lowest BCUT2D eigenvalue weighted by Crippen LogP contribution is -2.40. The number of piperidine rings is 1. The van der Waals surface area contributed by atoms with Crippen LogP contribution in [0.15, 0.2) is 12.1 Å². The monoisotopic (exact) mass is 325 g/mol. The van der Waals surface area contributed by atoms with Gasteiger partial charge in [0.15, 0.2) is 5.65 Å². The number of hydrogen-bond donors (Lipinski definition) is 0. The lowest BCUT2D eigenvalue weighted by atomic mass is 9.98. The van der Waals surface area contributed by atoms with Crippen molar-refractivity contribution >= 4 is 17.4 Å². The standard InChI is InChI=1S/C14H17F2N5O2/c1-2-23-14(22)9-4-3-7-20(8-9)11-6-5-10-17-18-13(12(15)16)21(10)19-11/h5-6,9,12H,2-4,7-8H2,1H3/t9-/m0/s1. The fourth-order valence-corrected chi connectivity index (χ4v) is 2.74. The first-order valence-electron chi connectivity index (χ1n) is 7.52. The van der Waals surface area contributed by atoms with Gasteiger partial charge >= 0.3 is 5.97 Å². The van der Waals surface area contributed by atoms with E-state index in [0.717, 1.165) is 17.4 Å². The van der Waals surface area contributed by atoms with Crippen LogP contribution in [0.5, 0.6) is 0 Å². The number of alkyl halides is 2. The van der Waals surface area contributed by atoms with E-state index in [9.17, 15) is 13.6 Å². The SMILES string of the molecule is CCOC(=O)[C@H]1CCCN(c2ccc3nnc(C(F)F)n3n2)C1. The Morgan fingerprint density at radius 2 is 2.26 bits per heavy atom. The molecule has 1 aliphatic heterocycles. The molecule has 1 fully saturated rings. The van der Waals surface area contributed by atoms with Crippen molar-refractivity contribution in [3.05, 3.63) is 18.0 Å². The summed E-state index contributed by atoms with van der Waals surface area (Å²) in [7, 11) is 0. The first kappa shape index (κ1) is 15.6. The number of carbonyl (C=O) groups is 1. The second kappa shape index (κ2) is 6.43. The van der Waals surface area contributed by atoms with E-state index in [1.165, 1.54) is 0 Å². The van der Waals surface area contributed by atoms with Crippen molar-refractivity contribution in [1.82, 2.24) is 19.8 Å². The van der Waals surface area contributed by atoms with Crippen LogP contribution in [0.25, 0.3) is 5.65 Å². The summed E-state index contributed by atoms with van der Waals surface area (Å²) in [6, 6.07) is 3.29. The second-order valence-corrected chi connectivity index (χ2v) is 5.36. The van der Waals surface area contributed by atoms with Gasteiger partial charge in [-0.25, -0.2) is 8.78 Å². The number of rotatable bonds is 4. The third-order valence-electron chi connectivity index (χ3n) is 3.83. The summed E-state index contributed by atoms with van der Waals surface area (Å²) in [5, 5.41) is 11.3. The van der Waals surface area contributed by atoms with Crippen LogP contribution in [0.4, 0.5) is 14.6 Å². The predicted molar refractivity (Wildman–Crippen MR) is 77.3 cm³/mol. The molecule has 0 amide bonds. The van der Waals surface area contributed by atoms with Crippen LogP contribution >= 0.6 is 0 Å². The highest BCUT2D eigenvalue weighted by Gasteiger charge is 2.28. The number of nitrogens with zero attached hydrogens (tertiary/aromatic N) is 5. The van der Waals surface area contributed by atoms with E-state index < -0.39 is 12.2 Å². The lowest BCUT2D eigenvalue weighted by molar-refractivity contribution is -0.148. The third kappa shape index (κ3) is 3.08. The predicted octanol–water partition coefficient (Wildman–Crippen LogP) is 1.84. The van der Waals surface area contributed by atoms with Crippen molar-refractivity contribution in [3.63, 3.8) is 0 Å². The fraction of sp³-hybridized carbons (Fsp3) is 0.571. The van der Waals surface area contributed by atoms with Crippen LogP contribution in [0, 0.1) is 5.92 Å². The van der Waals surface area contributed by atoms with E-state index >= 15 is 0 Å². The molecule has 1 aliphatic rings. The van der Waals surface area contributed by atoms with E-state index in [-0.39, 0.29) is 17.5 Å². The molecule has 0 radical (unpaired) electrons. The lowest BCUT2D eigenvalue weighted by Gasteiger charge is -2.32. The Morgan fingerprint density at radius 3 is 3.00 bits per heavy atom. The van der Waals surface area contributed by atoms with E-state index in [0.29, 0.717) is 25.5 Å². The van der Waals surface area contributed by atoms with Gasteiger partial charge in [0.2, 0.25) is 5.82 Å². The summed E-state index contributed by atoms with van der Waals surface area (Å²) in [6.45, 7) is 3.29. The maximum atomic E-state index is 12.9. The van der Waals surface area contributed by atoms with Gasteiger partial charge in [-0.15, -0.1) is 15.3 Å². The molecule has 2 aromatic heterocycles. The van der Waals surface area contributed by atoms with Crippen molar-refractivity contribution in [2.75, 3.05) is 24.6 Å². The largest absolute Gasteiger partial charge is 0.466 e. The zero-order valence-corrected chi connectivity index (χ0v) is 12.7.